The van der Waals surface area contributed by atoms with E-state index in [9.17, 15) is 25.5 Å². The first-order valence-electron chi connectivity index (χ1n) is 26.9. The van der Waals surface area contributed by atoms with Crippen LogP contribution in [0.4, 0.5) is 0 Å². The van der Waals surface area contributed by atoms with Crippen LogP contribution in [-0.4, -0.2) is 114 Å². The Morgan fingerprint density at radius 2 is 1.72 bits per heavy atom. The second-order valence-electron chi connectivity index (χ2n) is 21.8. The van der Waals surface area contributed by atoms with E-state index in [4.69, 9.17) is 18.9 Å². The molecule has 0 saturated carbocycles. The Morgan fingerprint density at radius 3 is 2.52 bits per heavy atom. The third-order valence-corrected chi connectivity index (χ3v) is 15.7. The van der Waals surface area contributed by atoms with E-state index in [1.54, 1.807) is 12.1 Å². The van der Waals surface area contributed by atoms with Crippen LogP contribution < -0.4 is 35.5 Å². The minimum absolute atomic E-state index is 0.00696. The van der Waals surface area contributed by atoms with Gasteiger partial charge in [-0.2, -0.15) is 0 Å². The first-order chi connectivity index (χ1) is 36.4. The number of fused-ring (bicyclic) bond motifs is 8. The number of aromatic nitrogens is 1. The highest BCUT2D eigenvalue weighted by molar-refractivity contribution is 5.90. The molecular formula is C61H75N5O9. The Bertz CT molecular complexity index is 2990. The van der Waals surface area contributed by atoms with Gasteiger partial charge in [-0.1, -0.05) is 62.4 Å². The number of aliphatic hydroxyl groups excluding tert-OH is 2. The monoisotopic (exact) mass is 1020 g/mol. The molecule has 3 heterocycles. The molecule has 6 unspecified atom stereocenters. The molecule has 6 atom stereocenters. The Morgan fingerprint density at radius 1 is 0.893 bits per heavy atom. The minimum atomic E-state index is -1.07. The molecule has 5 aromatic carbocycles. The second-order valence-corrected chi connectivity index (χ2v) is 21.8. The number of phenols is 2. The predicted molar refractivity (Wildman–Crippen MR) is 293 cm³/mol. The van der Waals surface area contributed by atoms with Crippen LogP contribution in [0.25, 0.3) is 28.1 Å². The average molecular weight is 1020 g/mol. The highest BCUT2D eigenvalue weighted by atomic mass is 16.6. The molecule has 4 aliphatic rings. The van der Waals surface area contributed by atoms with E-state index in [2.05, 4.69) is 101 Å². The predicted octanol–water partition coefficient (Wildman–Crippen LogP) is 7.89. The van der Waals surface area contributed by atoms with Crippen LogP contribution in [0.15, 0.2) is 96.7 Å². The van der Waals surface area contributed by atoms with Crippen molar-refractivity contribution in [3.8, 4) is 39.9 Å². The summed E-state index contributed by atoms with van der Waals surface area (Å²) in [6.07, 6.45) is 7.82. The first-order valence-corrected chi connectivity index (χ1v) is 26.9. The zero-order valence-corrected chi connectivity index (χ0v) is 43.8. The smallest absolute Gasteiger partial charge is 0.161 e. The molecule has 14 heteroatoms. The molecule has 0 amide bonds. The summed E-state index contributed by atoms with van der Waals surface area (Å²) in [5, 5.41) is 69.8. The molecule has 0 bridgehead atoms. The van der Waals surface area contributed by atoms with E-state index < -0.39 is 23.4 Å². The molecule has 10 N–H and O–H groups in total. The molecule has 0 fully saturated rings. The maximum absolute atomic E-state index is 11.9. The number of aromatic amines is 1. The lowest BCUT2D eigenvalue weighted by Crippen LogP contribution is -2.56. The zero-order valence-electron chi connectivity index (χ0n) is 43.8. The van der Waals surface area contributed by atoms with Gasteiger partial charge in [-0.3, -0.25) is 5.32 Å². The van der Waals surface area contributed by atoms with Gasteiger partial charge in [-0.05, 0) is 158 Å². The molecule has 6 aromatic rings. The van der Waals surface area contributed by atoms with Gasteiger partial charge in [-0.15, -0.1) is 0 Å². The number of phenolic OH excluding ortho intramolecular Hbond substituents is 2. The molecular weight excluding hydrogens is 947 g/mol. The van der Waals surface area contributed by atoms with Crippen molar-refractivity contribution in [3.63, 3.8) is 0 Å². The van der Waals surface area contributed by atoms with Crippen LogP contribution in [0.2, 0.25) is 0 Å². The van der Waals surface area contributed by atoms with E-state index in [0.717, 1.165) is 75.0 Å². The average Bonchev–Trinajstić information content (AvgIpc) is 3.91. The number of hydrogen-bond donors (Lipinski definition) is 10. The van der Waals surface area contributed by atoms with Crippen molar-refractivity contribution in [1.29, 1.82) is 0 Å². The molecule has 10 rings (SSSR count). The van der Waals surface area contributed by atoms with Crippen LogP contribution in [0, 0.1) is 5.92 Å². The van der Waals surface area contributed by atoms with Gasteiger partial charge in [0, 0.05) is 72.6 Å². The van der Waals surface area contributed by atoms with Gasteiger partial charge in [0.15, 0.2) is 17.6 Å². The van der Waals surface area contributed by atoms with Gasteiger partial charge in [0.1, 0.15) is 35.6 Å². The molecule has 14 nitrogen and oxygen atoms in total. The summed E-state index contributed by atoms with van der Waals surface area (Å²) in [5.74, 6) is 1.96. The standard InChI is InChI=1S/C61H75N5O9/c1-37(2)29-60(3,71)33-64-35-65-34-61(73-36-62-4)30-49-46-28-48-54(40-12-17-50-39(25-40)20-22-66-50)42(31-63-21-8-11-38-9-6-5-7-10-38)26-47-51(69)19-16-44(55(47)48)56(46)58-45(15-14-43(32-68)74-58)57(49)75-59(61)41-13-18-52(70)53(27-41)72-24-23-67/h5-7,9-10,12-13,16-20,22,25-27,37,43,48,54,59,62-71H,8,11,14-15,21,23-24,28-36H2,1-4H3. The number of ether oxygens (including phenoxy) is 4. The van der Waals surface area contributed by atoms with Gasteiger partial charge in [0.2, 0.25) is 0 Å². The maximum Gasteiger partial charge on any atom is 0.161 e. The SMILES string of the molecule is CNCOC1(CNCNCC(C)(O)CC(C)C)Cc2c3c(c4c(c2OC1c1ccc(O)c(OCCO)c1)CCC(CO)O4)-c1ccc(O)c2c1C(C3)C(c1ccc3[nH]ccc3c1)C(CNCCCc1ccccc1)=C2. The van der Waals surface area contributed by atoms with E-state index in [1.807, 2.05) is 38.4 Å². The lowest BCUT2D eigenvalue weighted by atomic mass is 9.62. The van der Waals surface area contributed by atoms with Crippen molar-refractivity contribution in [1.82, 2.24) is 26.3 Å². The Balaban J connectivity index is 1.11. The number of aryl methyl sites for hydroxylation is 1. The highest BCUT2D eigenvalue weighted by Gasteiger charge is 2.51. The summed E-state index contributed by atoms with van der Waals surface area (Å²) < 4.78 is 27.5. The van der Waals surface area contributed by atoms with Crippen LogP contribution in [0.1, 0.15) is 102 Å². The molecule has 398 valence electrons. The number of benzene rings is 5. The zero-order chi connectivity index (χ0) is 52.3. The van der Waals surface area contributed by atoms with Crippen molar-refractivity contribution in [2.24, 2.45) is 5.92 Å². The molecule has 0 saturated heterocycles. The molecule has 2 aliphatic heterocycles. The third-order valence-electron chi connectivity index (χ3n) is 15.7. The Kier molecular flexibility index (Phi) is 15.9. The van der Waals surface area contributed by atoms with Crippen LogP contribution in [0.3, 0.4) is 0 Å². The number of nitrogens with one attached hydrogen (secondary N) is 5. The van der Waals surface area contributed by atoms with E-state index in [0.29, 0.717) is 75.6 Å². The van der Waals surface area contributed by atoms with Gasteiger partial charge < -0.3 is 65.4 Å². The lowest BCUT2D eigenvalue weighted by Gasteiger charge is -2.48. The molecule has 0 radical (unpaired) electrons. The Labute approximate surface area is 440 Å². The quantitative estimate of drug-likeness (QED) is 0.0220. The van der Waals surface area contributed by atoms with Gasteiger partial charge in [-0.25, -0.2) is 0 Å². The summed E-state index contributed by atoms with van der Waals surface area (Å²) in [5.41, 5.74) is 10.4. The minimum Gasteiger partial charge on any atom is -0.507 e. The summed E-state index contributed by atoms with van der Waals surface area (Å²) in [7, 11) is 1.85. The summed E-state index contributed by atoms with van der Waals surface area (Å²) in [6.45, 7) is 8.43. The number of aliphatic hydroxyl groups is 3. The van der Waals surface area contributed by atoms with Crippen molar-refractivity contribution < 1.29 is 44.5 Å². The number of hydrogen-bond acceptors (Lipinski definition) is 13. The van der Waals surface area contributed by atoms with Crippen molar-refractivity contribution in [3.05, 3.63) is 141 Å². The largest absolute Gasteiger partial charge is 0.507 e. The summed E-state index contributed by atoms with van der Waals surface area (Å²) in [4.78, 5) is 3.39. The first kappa shape index (κ1) is 52.5. The van der Waals surface area contributed by atoms with E-state index in [1.165, 1.54) is 16.7 Å². The fraction of sp³-hybridized carbons (Fsp3) is 0.443. The van der Waals surface area contributed by atoms with Crippen LogP contribution >= 0.6 is 0 Å². The fourth-order valence-corrected chi connectivity index (χ4v) is 12.6. The van der Waals surface area contributed by atoms with E-state index >= 15 is 0 Å². The molecule has 0 spiro atoms. The highest BCUT2D eigenvalue weighted by Crippen LogP contribution is 2.61. The number of H-pyrrole nitrogens is 1. The summed E-state index contributed by atoms with van der Waals surface area (Å²) >= 11 is 0. The van der Waals surface area contributed by atoms with E-state index in [-0.39, 0.29) is 55.6 Å². The van der Waals surface area contributed by atoms with Crippen molar-refractivity contribution in [2.75, 3.05) is 66.4 Å². The second kappa shape index (κ2) is 22.7. The molecule has 2 aliphatic carbocycles. The normalized spacial score (nSPS) is 21.3. The molecule has 1 aromatic heterocycles. The van der Waals surface area contributed by atoms with Crippen LogP contribution in [-0.2, 0) is 30.4 Å². The maximum atomic E-state index is 11.9. The summed E-state index contributed by atoms with van der Waals surface area (Å²) in [6, 6.07) is 28.5. The van der Waals surface area contributed by atoms with Gasteiger partial charge in [0.25, 0.3) is 0 Å². The topological polar surface area (TPSA) is 202 Å². The van der Waals surface area contributed by atoms with Gasteiger partial charge in [0.05, 0.1) is 25.5 Å². The van der Waals surface area contributed by atoms with Crippen molar-refractivity contribution in [2.45, 2.75) is 101 Å². The fourth-order valence-electron chi connectivity index (χ4n) is 12.6. The third kappa shape index (κ3) is 10.9. The lowest BCUT2D eigenvalue weighted by molar-refractivity contribution is -0.129. The van der Waals surface area contributed by atoms with Crippen LogP contribution in [0.5, 0.6) is 28.7 Å². The number of rotatable bonds is 23. The Hall–Kier alpha value is -5.94. The number of aromatic hydroxyl groups is 2. The molecule has 75 heavy (non-hydrogen) atoms. The van der Waals surface area contributed by atoms with Gasteiger partial charge >= 0.3 is 0 Å². The van der Waals surface area contributed by atoms with Crippen molar-refractivity contribution >= 4 is 17.0 Å².